The number of aryl methyl sites for hydroxylation is 1. The molecule has 0 fully saturated rings. The Morgan fingerprint density at radius 1 is 1.27 bits per heavy atom. The van der Waals surface area contributed by atoms with Crippen molar-refractivity contribution >= 4 is 5.96 Å². The SMILES string of the molecule is CCNC(=NCc1ccccc1OCCN(C)C)NCc1ncnn1C. The predicted molar refractivity (Wildman–Crippen MR) is 103 cm³/mol. The van der Waals surface area contributed by atoms with Crippen molar-refractivity contribution in [2.45, 2.75) is 20.0 Å². The van der Waals surface area contributed by atoms with Crippen LogP contribution in [0.1, 0.15) is 18.3 Å². The molecule has 0 spiro atoms. The van der Waals surface area contributed by atoms with Gasteiger partial charge in [0, 0.05) is 25.7 Å². The second-order valence-corrected chi connectivity index (χ2v) is 6.11. The lowest BCUT2D eigenvalue weighted by molar-refractivity contribution is 0.259. The van der Waals surface area contributed by atoms with Crippen LogP contribution in [0.15, 0.2) is 35.6 Å². The van der Waals surface area contributed by atoms with E-state index in [4.69, 9.17) is 4.74 Å². The number of aliphatic imine (C=N–C) groups is 1. The molecule has 8 heteroatoms. The normalized spacial score (nSPS) is 11.7. The van der Waals surface area contributed by atoms with Gasteiger partial charge in [0.1, 0.15) is 24.5 Å². The fourth-order valence-corrected chi connectivity index (χ4v) is 2.26. The highest BCUT2D eigenvalue weighted by Gasteiger charge is 2.05. The number of hydrogen-bond acceptors (Lipinski definition) is 5. The first-order valence-corrected chi connectivity index (χ1v) is 8.80. The van der Waals surface area contributed by atoms with Crippen LogP contribution in [0.2, 0.25) is 0 Å². The minimum Gasteiger partial charge on any atom is -0.492 e. The zero-order chi connectivity index (χ0) is 18.8. The smallest absolute Gasteiger partial charge is 0.191 e. The number of ether oxygens (including phenoxy) is 1. The largest absolute Gasteiger partial charge is 0.492 e. The summed E-state index contributed by atoms with van der Waals surface area (Å²) >= 11 is 0. The Morgan fingerprint density at radius 2 is 2.08 bits per heavy atom. The molecule has 0 aliphatic heterocycles. The van der Waals surface area contributed by atoms with Crippen LogP contribution in [-0.4, -0.2) is 59.4 Å². The van der Waals surface area contributed by atoms with Gasteiger partial charge in [-0.3, -0.25) is 4.68 Å². The predicted octanol–water partition coefficient (Wildman–Crippen LogP) is 1.01. The lowest BCUT2D eigenvalue weighted by Gasteiger charge is -2.14. The zero-order valence-electron chi connectivity index (χ0n) is 16.1. The number of nitrogens with zero attached hydrogens (tertiary/aromatic N) is 5. The first kappa shape index (κ1) is 19.7. The van der Waals surface area contributed by atoms with Gasteiger partial charge in [-0.1, -0.05) is 18.2 Å². The van der Waals surface area contributed by atoms with Crippen molar-refractivity contribution in [1.29, 1.82) is 0 Å². The fraction of sp³-hybridized carbons (Fsp3) is 0.500. The molecule has 0 radical (unpaired) electrons. The third-order valence-electron chi connectivity index (χ3n) is 3.74. The molecule has 2 rings (SSSR count). The molecule has 0 aliphatic rings. The second-order valence-electron chi connectivity index (χ2n) is 6.11. The first-order valence-electron chi connectivity index (χ1n) is 8.80. The van der Waals surface area contributed by atoms with Crippen molar-refractivity contribution in [2.24, 2.45) is 12.0 Å². The third kappa shape index (κ3) is 6.36. The number of para-hydroxylation sites is 1. The second kappa shape index (κ2) is 10.4. The average Bonchev–Trinajstić information content (AvgIpc) is 3.03. The summed E-state index contributed by atoms with van der Waals surface area (Å²) in [5.74, 6) is 2.46. The molecule has 1 heterocycles. The van der Waals surface area contributed by atoms with E-state index in [0.29, 0.717) is 19.7 Å². The van der Waals surface area contributed by atoms with Gasteiger partial charge in [-0.05, 0) is 27.1 Å². The summed E-state index contributed by atoms with van der Waals surface area (Å²) in [5, 5.41) is 10.6. The molecule has 8 nitrogen and oxygen atoms in total. The van der Waals surface area contributed by atoms with Gasteiger partial charge >= 0.3 is 0 Å². The van der Waals surface area contributed by atoms with Crippen LogP contribution < -0.4 is 15.4 Å². The molecular weight excluding hydrogens is 330 g/mol. The Labute approximate surface area is 155 Å². The van der Waals surface area contributed by atoms with Crippen LogP contribution in [0, 0.1) is 0 Å². The van der Waals surface area contributed by atoms with Crippen LogP contribution in [-0.2, 0) is 20.1 Å². The average molecular weight is 359 g/mol. The molecule has 0 saturated carbocycles. The molecule has 0 amide bonds. The zero-order valence-corrected chi connectivity index (χ0v) is 16.1. The molecule has 0 unspecified atom stereocenters. The van der Waals surface area contributed by atoms with Crippen molar-refractivity contribution in [2.75, 3.05) is 33.8 Å². The first-order chi connectivity index (χ1) is 12.6. The minimum atomic E-state index is 0.534. The summed E-state index contributed by atoms with van der Waals surface area (Å²) in [5.41, 5.74) is 1.06. The van der Waals surface area contributed by atoms with Gasteiger partial charge in [0.05, 0.1) is 13.1 Å². The number of benzene rings is 1. The molecule has 142 valence electrons. The lowest BCUT2D eigenvalue weighted by atomic mass is 10.2. The quantitative estimate of drug-likeness (QED) is 0.514. The van der Waals surface area contributed by atoms with E-state index in [2.05, 4.69) is 30.6 Å². The van der Waals surface area contributed by atoms with E-state index in [9.17, 15) is 0 Å². The monoisotopic (exact) mass is 359 g/mol. The van der Waals surface area contributed by atoms with Gasteiger partial charge in [0.25, 0.3) is 0 Å². The van der Waals surface area contributed by atoms with E-state index in [0.717, 1.165) is 36.2 Å². The number of nitrogens with one attached hydrogen (secondary N) is 2. The highest BCUT2D eigenvalue weighted by Crippen LogP contribution is 2.18. The van der Waals surface area contributed by atoms with E-state index in [1.807, 2.05) is 52.3 Å². The summed E-state index contributed by atoms with van der Waals surface area (Å²) in [6, 6.07) is 8.01. The highest BCUT2D eigenvalue weighted by atomic mass is 16.5. The van der Waals surface area contributed by atoms with E-state index in [1.165, 1.54) is 0 Å². The highest BCUT2D eigenvalue weighted by molar-refractivity contribution is 5.79. The van der Waals surface area contributed by atoms with Gasteiger partial charge in [-0.25, -0.2) is 9.98 Å². The molecule has 26 heavy (non-hydrogen) atoms. The Morgan fingerprint density at radius 3 is 2.77 bits per heavy atom. The van der Waals surface area contributed by atoms with Gasteiger partial charge in [-0.2, -0.15) is 5.10 Å². The van der Waals surface area contributed by atoms with Gasteiger partial charge < -0.3 is 20.3 Å². The Bertz CT molecular complexity index is 696. The summed E-state index contributed by atoms with van der Waals surface area (Å²) in [7, 11) is 5.94. The van der Waals surface area contributed by atoms with Crippen molar-refractivity contribution < 1.29 is 4.74 Å². The minimum absolute atomic E-state index is 0.534. The molecule has 2 N–H and O–H groups in total. The Kier molecular flexibility index (Phi) is 7.88. The molecule has 1 aromatic carbocycles. The molecule has 0 aliphatic carbocycles. The van der Waals surface area contributed by atoms with Gasteiger partial charge in [0.2, 0.25) is 0 Å². The Balaban J connectivity index is 1.98. The van der Waals surface area contributed by atoms with E-state index in [1.54, 1.807) is 11.0 Å². The van der Waals surface area contributed by atoms with Crippen LogP contribution in [0.5, 0.6) is 5.75 Å². The third-order valence-corrected chi connectivity index (χ3v) is 3.74. The topological polar surface area (TPSA) is 79.6 Å². The molecular formula is C18H29N7O. The molecule has 1 aromatic heterocycles. The van der Waals surface area contributed by atoms with Gasteiger partial charge in [0.15, 0.2) is 5.96 Å². The number of hydrogen-bond donors (Lipinski definition) is 2. The molecule has 0 atom stereocenters. The molecule has 2 aromatic rings. The van der Waals surface area contributed by atoms with E-state index < -0.39 is 0 Å². The maximum absolute atomic E-state index is 5.90. The van der Waals surface area contributed by atoms with Crippen molar-refractivity contribution in [3.8, 4) is 5.75 Å². The summed E-state index contributed by atoms with van der Waals surface area (Å²) in [6.45, 7) is 5.44. The lowest BCUT2D eigenvalue weighted by Crippen LogP contribution is -2.37. The van der Waals surface area contributed by atoms with E-state index >= 15 is 0 Å². The van der Waals surface area contributed by atoms with E-state index in [-0.39, 0.29) is 0 Å². The fourth-order valence-electron chi connectivity index (χ4n) is 2.26. The number of likely N-dealkylation sites (N-methyl/N-ethyl adjacent to an activating group) is 1. The van der Waals surface area contributed by atoms with Crippen LogP contribution in [0.25, 0.3) is 0 Å². The van der Waals surface area contributed by atoms with Crippen LogP contribution in [0.4, 0.5) is 0 Å². The molecule has 0 bridgehead atoms. The summed E-state index contributed by atoms with van der Waals surface area (Å²) < 4.78 is 7.64. The summed E-state index contributed by atoms with van der Waals surface area (Å²) in [4.78, 5) is 11.0. The number of aromatic nitrogens is 3. The van der Waals surface area contributed by atoms with Crippen LogP contribution in [0.3, 0.4) is 0 Å². The van der Waals surface area contributed by atoms with Crippen LogP contribution >= 0.6 is 0 Å². The van der Waals surface area contributed by atoms with Crippen molar-refractivity contribution in [3.05, 3.63) is 42.0 Å². The summed E-state index contributed by atoms with van der Waals surface area (Å²) in [6.07, 6.45) is 1.54. The molecule has 0 saturated heterocycles. The number of guanidine groups is 1. The number of rotatable bonds is 9. The van der Waals surface area contributed by atoms with Crippen molar-refractivity contribution in [1.82, 2.24) is 30.3 Å². The standard InChI is InChI=1S/C18H29N7O/c1-5-19-18(21-13-17-22-14-23-25(17)4)20-12-15-8-6-7-9-16(15)26-11-10-24(2)3/h6-9,14H,5,10-13H2,1-4H3,(H2,19,20,21). The Hall–Kier alpha value is -2.61. The maximum Gasteiger partial charge on any atom is 0.191 e. The maximum atomic E-state index is 5.90. The van der Waals surface area contributed by atoms with Gasteiger partial charge in [-0.15, -0.1) is 0 Å². The van der Waals surface area contributed by atoms with Crippen molar-refractivity contribution in [3.63, 3.8) is 0 Å².